The van der Waals surface area contributed by atoms with Crippen molar-refractivity contribution < 1.29 is 24.5 Å². The van der Waals surface area contributed by atoms with Crippen LogP contribution in [0, 0.1) is 5.92 Å². The van der Waals surface area contributed by atoms with E-state index in [-0.39, 0.29) is 36.5 Å². The van der Waals surface area contributed by atoms with Crippen LogP contribution < -0.4 is 10.6 Å². The Labute approximate surface area is 215 Å². The molecule has 0 aromatic heterocycles. The van der Waals surface area contributed by atoms with E-state index in [1.807, 2.05) is 67.6 Å². The van der Waals surface area contributed by atoms with Gasteiger partial charge in [0.05, 0.1) is 18.8 Å². The molecule has 8 heteroatoms. The average molecular weight is 509 g/mol. The molecule has 1 aliphatic rings. The fourth-order valence-corrected chi connectivity index (χ4v) is 5.20. The molecule has 3 aromatic rings. The fraction of sp³-hybridized carbons (Fsp3) is 0.321. The van der Waals surface area contributed by atoms with E-state index in [2.05, 4.69) is 17.6 Å². The molecule has 4 atom stereocenters. The second kappa shape index (κ2) is 12.3. The van der Waals surface area contributed by atoms with E-state index in [4.69, 9.17) is 9.47 Å². The minimum Gasteiger partial charge on any atom is -0.508 e. The summed E-state index contributed by atoms with van der Waals surface area (Å²) in [5.41, 5.74) is 3.33. The number of aliphatic hydroxyl groups is 1. The Kier molecular flexibility index (Phi) is 8.88. The number of rotatable bonds is 8. The number of benzene rings is 3. The number of aliphatic hydroxyl groups excluding tert-OH is 1. The van der Waals surface area contributed by atoms with Gasteiger partial charge in [-0.15, -0.1) is 11.8 Å². The standard InChI is InChI=1S/C28H32N2O5S/c1-3-29-28(33)30-22-6-4-5-21(15-22)27-34-25(17-36-24-13-11-23(32)12-14-24)18(2)26(35-27)20-9-7-19(16-31)8-10-20/h4-15,18,25-27,31-32H,3,16-17H2,1-2H3,(H2,29,30,33)/t18-,25+,26+,27?/m0/s1. The van der Waals surface area contributed by atoms with Gasteiger partial charge in [-0.05, 0) is 54.4 Å². The van der Waals surface area contributed by atoms with Gasteiger partial charge in [-0.3, -0.25) is 0 Å². The summed E-state index contributed by atoms with van der Waals surface area (Å²) in [5.74, 6) is 0.999. The smallest absolute Gasteiger partial charge is 0.319 e. The van der Waals surface area contributed by atoms with Crippen molar-refractivity contribution in [2.24, 2.45) is 5.92 Å². The molecular weight excluding hydrogens is 476 g/mol. The maximum absolute atomic E-state index is 12.0. The van der Waals surface area contributed by atoms with Crippen molar-refractivity contribution in [1.82, 2.24) is 5.32 Å². The molecule has 7 nitrogen and oxygen atoms in total. The average Bonchev–Trinajstić information content (AvgIpc) is 2.89. The molecule has 1 heterocycles. The van der Waals surface area contributed by atoms with Gasteiger partial charge in [0.25, 0.3) is 0 Å². The first-order chi connectivity index (χ1) is 17.5. The summed E-state index contributed by atoms with van der Waals surface area (Å²) in [5, 5.41) is 24.6. The monoisotopic (exact) mass is 508 g/mol. The van der Waals surface area contributed by atoms with Gasteiger partial charge in [0.1, 0.15) is 5.75 Å². The number of nitrogens with one attached hydrogen (secondary N) is 2. The molecule has 190 valence electrons. The van der Waals surface area contributed by atoms with E-state index < -0.39 is 6.29 Å². The number of ether oxygens (including phenoxy) is 2. The molecule has 1 aliphatic heterocycles. The second-order valence-electron chi connectivity index (χ2n) is 8.74. The molecule has 4 rings (SSSR count). The topological polar surface area (TPSA) is 100 Å². The minimum atomic E-state index is -0.620. The van der Waals surface area contributed by atoms with E-state index in [0.29, 0.717) is 18.0 Å². The van der Waals surface area contributed by atoms with Crippen molar-refractivity contribution in [2.45, 2.75) is 43.8 Å². The second-order valence-corrected chi connectivity index (χ2v) is 9.83. The van der Waals surface area contributed by atoms with Gasteiger partial charge < -0.3 is 30.3 Å². The molecule has 0 aliphatic carbocycles. The van der Waals surface area contributed by atoms with Gasteiger partial charge in [-0.1, -0.05) is 43.3 Å². The zero-order valence-corrected chi connectivity index (χ0v) is 21.2. The van der Waals surface area contributed by atoms with E-state index in [1.165, 1.54) is 0 Å². The molecule has 36 heavy (non-hydrogen) atoms. The molecule has 4 N–H and O–H groups in total. The largest absolute Gasteiger partial charge is 0.508 e. The van der Waals surface area contributed by atoms with Gasteiger partial charge in [0.2, 0.25) is 0 Å². The Morgan fingerprint density at radius 3 is 2.44 bits per heavy atom. The van der Waals surface area contributed by atoms with Crippen LogP contribution in [0.4, 0.5) is 10.5 Å². The van der Waals surface area contributed by atoms with E-state index in [0.717, 1.165) is 21.6 Å². The minimum absolute atomic E-state index is 0.00953. The number of hydrogen-bond donors (Lipinski definition) is 4. The van der Waals surface area contributed by atoms with Crippen LogP contribution in [0.1, 0.15) is 42.9 Å². The van der Waals surface area contributed by atoms with Crippen molar-refractivity contribution in [2.75, 3.05) is 17.6 Å². The van der Waals surface area contributed by atoms with Gasteiger partial charge in [-0.2, -0.15) is 0 Å². The number of phenols is 1. The molecule has 3 aromatic carbocycles. The zero-order chi connectivity index (χ0) is 25.5. The van der Waals surface area contributed by atoms with Crippen LogP contribution in [-0.2, 0) is 16.1 Å². The van der Waals surface area contributed by atoms with Gasteiger partial charge in [0.15, 0.2) is 6.29 Å². The van der Waals surface area contributed by atoms with Crippen LogP contribution in [0.2, 0.25) is 0 Å². The maximum Gasteiger partial charge on any atom is 0.319 e. The third-order valence-corrected chi connectivity index (χ3v) is 7.23. The predicted octanol–water partition coefficient (Wildman–Crippen LogP) is 5.61. The van der Waals surface area contributed by atoms with E-state index in [1.54, 1.807) is 23.9 Å². The van der Waals surface area contributed by atoms with Crippen LogP contribution in [0.3, 0.4) is 0 Å². The molecule has 1 unspecified atom stereocenters. The molecule has 1 fully saturated rings. The SMILES string of the molecule is CCNC(=O)Nc1cccc(C2O[C@H](CSc3ccc(O)cc3)[C@H](C)[C@H](c3ccc(CO)cc3)O2)c1. The molecular formula is C28H32N2O5S. The number of carbonyl (C=O) groups is 1. The Balaban J connectivity index is 1.57. The number of amides is 2. The van der Waals surface area contributed by atoms with Crippen molar-refractivity contribution in [3.8, 4) is 5.75 Å². The lowest BCUT2D eigenvalue weighted by Crippen LogP contribution is -2.38. The Morgan fingerprint density at radius 1 is 1.00 bits per heavy atom. The van der Waals surface area contributed by atoms with Gasteiger partial charge >= 0.3 is 6.03 Å². The Morgan fingerprint density at radius 2 is 1.75 bits per heavy atom. The summed E-state index contributed by atoms with van der Waals surface area (Å²) < 4.78 is 13.0. The summed E-state index contributed by atoms with van der Waals surface area (Å²) in [4.78, 5) is 13.0. The van der Waals surface area contributed by atoms with Crippen molar-refractivity contribution in [1.29, 1.82) is 0 Å². The fourth-order valence-electron chi connectivity index (χ4n) is 4.13. The van der Waals surface area contributed by atoms with E-state index >= 15 is 0 Å². The van der Waals surface area contributed by atoms with Crippen molar-refractivity contribution in [3.63, 3.8) is 0 Å². The molecule has 0 radical (unpaired) electrons. The van der Waals surface area contributed by atoms with Crippen molar-refractivity contribution >= 4 is 23.5 Å². The molecule has 0 saturated carbocycles. The molecule has 0 bridgehead atoms. The predicted molar refractivity (Wildman–Crippen MR) is 141 cm³/mol. The third kappa shape index (κ3) is 6.59. The Bertz CT molecular complexity index is 1140. The highest BCUT2D eigenvalue weighted by Crippen LogP contribution is 2.43. The quantitative estimate of drug-likeness (QED) is 0.295. The highest BCUT2D eigenvalue weighted by atomic mass is 32.2. The highest BCUT2D eigenvalue weighted by Gasteiger charge is 2.38. The first kappa shape index (κ1) is 26.0. The summed E-state index contributed by atoms with van der Waals surface area (Å²) >= 11 is 1.67. The number of phenolic OH excluding ortho intramolecular Hbond substituents is 1. The molecule has 1 saturated heterocycles. The summed E-state index contributed by atoms with van der Waals surface area (Å²) in [6.45, 7) is 4.51. The summed E-state index contributed by atoms with van der Waals surface area (Å²) in [6, 6.07) is 22.2. The van der Waals surface area contributed by atoms with Crippen LogP contribution in [0.25, 0.3) is 0 Å². The summed E-state index contributed by atoms with van der Waals surface area (Å²) in [7, 11) is 0. The van der Waals surface area contributed by atoms with Crippen LogP contribution in [0.15, 0.2) is 77.7 Å². The maximum atomic E-state index is 12.0. The number of thioether (sulfide) groups is 1. The number of hydrogen-bond acceptors (Lipinski definition) is 6. The molecule has 0 spiro atoms. The lowest BCUT2D eigenvalue weighted by Gasteiger charge is -2.41. The van der Waals surface area contributed by atoms with Gasteiger partial charge in [-0.25, -0.2) is 4.79 Å². The van der Waals surface area contributed by atoms with Crippen LogP contribution >= 0.6 is 11.8 Å². The normalized spacial score (nSPS) is 21.6. The van der Waals surface area contributed by atoms with Crippen LogP contribution in [0.5, 0.6) is 5.75 Å². The lowest BCUT2D eigenvalue weighted by atomic mass is 9.91. The first-order valence-electron chi connectivity index (χ1n) is 12.0. The third-order valence-electron chi connectivity index (χ3n) is 6.13. The Hall–Kier alpha value is -3.04. The lowest BCUT2D eigenvalue weighted by molar-refractivity contribution is -0.268. The van der Waals surface area contributed by atoms with Crippen molar-refractivity contribution in [3.05, 3.63) is 89.5 Å². The number of urea groups is 1. The van der Waals surface area contributed by atoms with Gasteiger partial charge in [0, 0.05) is 34.4 Å². The van der Waals surface area contributed by atoms with Crippen LogP contribution in [-0.4, -0.2) is 34.6 Å². The summed E-state index contributed by atoms with van der Waals surface area (Å²) in [6.07, 6.45) is -0.961. The zero-order valence-electron chi connectivity index (χ0n) is 20.4. The van der Waals surface area contributed by atoms with E-state index in [9.17, 15) is 15.0 Å². The number of carbonyl (C=O) groups excluding carboxylic acids is 1. The highest BCUT2D eigenvalue weighted by molar-refractivity contribution is 7.99. The number of anilines is 1. The molecule has 2 amide bonds. The number of aromatic hydroxyl groups is 1. The first-order valence-corrected chi connectivity index (χ1v) is 13.0.